The van der Waals surface area contributed by atoms with Crippen LogP contribution in [-0.2, 0) is 0 Å². The van der Waals surface area contributed by atoms with Gasteiger partial charge in [-0.15, -0.1) is 0 Å². The van der Waals surface area contributed by atoms with Crippen LogP contribution in [0.2, 0.25) is 0 Å². The molecule has 59 heavy (non-hydrogen) atoms. The van der Waals surface area contributed by atoms with Crippen molar-refractivity contribution in [3.63, 3.8) is 0 Å². The van der Waals surface area contributed by atoms with Crippen LogP contribution in [0.1, 0.15) is 29.2 Å². The van der Waals surface area contributed by atoms with E-state index in [1.807, 2.05) is 104 Å². The number of aromatic nitrogens is 1. The van der Waals surface area contributed by atoms with Gasteiger partial charge < -0.3 is 4.57 Å². The van der Waals surface area contributed by atoms with Gasteiger partial charge in [-0.25, -0.2) is 4.39 Å². The maximum absolute atomic E-state index is 16.6. The van der Waals surface area contributed by atoms with Crippen LogP contribution in [-0.4, -0.2) is 4.57 Å². The van der Waals surface area contributed by atoms with Gasteiger partial charge in [-0.2, -0.15) is 0 Å². The average molecular weight is 762 g/mol. The zero-order valence-corrected chi connectivity index (χ0v) is 33.1. The van der Waals surface area contributed by atoms with Crippen LogP contribution in [0.15, 0.2) is 232 Å². The molecule has 0 bridgehead atoms. The normalized spacial score (nSPS) is 12.3. The van der Waals surface area contributed by atoms with Gasteiger partial charge in [-0.3, -0.25) is 0 Å². The van der Waals surface area contributed by atoms with Crippen molar-refractivity contribution in [2.75, 3.05) is 0 Å². The second kappa shape index (κ2) is 17.7. The van der Waals surface area contributed by atoms with Gasteiger partial charge in [0, 0.05) is 22.8 Å². The molecule has 0 unspecified atom stereocenters. The number of hydrogen-bond acceptors (Lipinski definition) is 0. The molecule has 1 aromatic heterocycles. The lowest BCUT2D eigenvalue weighted by atomic mass is 9.89. The Morgan fingerprint density at radius 3 is 1.78 bits per heavy atom. The topological polar surface area (TPSA) is 4.93 Å². The summed E-state index contributed by atoms with van der Waals surface area (Å²) in [5.41, 5.74) is 14.5. The molecule has 0 amide bonds. The van der Waals surface area contributed by atoms with Crippen molar-refractivity contribution < 1.29 is 4.39 Å². The fourth-order valence-corrected chi connectivity index (χ4v) is 7.65. The number of hydrogen-bond donors (Lipinski definition) is 0. The summed E-state index contributed by atoms with van der Waals surface area (Å²) in [5, 5.41) is 1.01. The van der Waals surface area contributed by atoms with Crippen molar-refractivity contribution in [2.45, 2.75) is 6.92 Å². The van der Waals surface area contributed by atoms with Crippen LogP contribution in [0, 0.1) is 5.82 Å². The minimum absolute atomic E-state index is 0.294. The maximum Gasteiger partial charge on any atom is 0.131 e. The van der Waals surface area contributed by atoms with E-state index in [1.165, 1.54) is 0 Å². The molecule has 7 aromatic carbocycles. The Morgan fingerprint density at radius 1 is 0.525 bits per heavy atom. The highest BCUT2D eigenvalue weighted by molar-refractivity contribution is 6.04. The van der Waals surface area contributed by atoms with Gasteiger partial charge in [0.25, 0.3) is 0 Å². The van der Waals surface area contributed by atoms with Crippen molar-refractivity contribution in [1.82, 2.24) is 4.57 Å². The lowest BCUT2D eigenvalue weighted by Crippen LogP contribution is -1.95. The molecule has 2 heteroatoms. The summed E-state index contributed by atoms with van der Waals surface area (Å²) >= 11 is 0. The summed E-state index contributed by atoms with van der Waals surface area (Å²) in [6.45, 7) is 10.3. The number of benzene rings is 7. The fourth-order valence-electron chi connectivity index (χ4n) is 7.65. The van der Waals surface area contributed by atoms with Gasteiger partial charge in [0.1, 0.15) is 5.82 Å². The first kappa shape index (κ1) is 38.3. The molecule has 0 N–H and O–H groups in total. The third kappa shape index (κ3) is 8.30. The van der Waals surface area contributed by atoms with Crippen LogP contribution >= 0.6 is 0 Å². The summed E-state index contributed by atoms with van der Waals surface area (Å²) in [5.74, 6) is -0.294. The monoisotopic (exact) mass is 761 g/mol. The fraction of sp³-hybridized carbons (Fsp3) is 0.0175. The van der Waals surface area contributed by atoms with E-state index < -0.39 is 0 Å². The first-order valence-electron chi connectivity index (χ1n) is 19.9. The van der Waals surface area contributed by atoms with Gasteiger partial charge in [0.2, 0.25) is 0 Å². The maximum atomic E-state index is 16.6. The van der Waals surface area contributed by atoms with E-state index in [9.17, 15) is 0 Å². The van der Waals surface area contributed by atoms with E-state index in [0.29, 0.717) is 5.56 Å². The molecule has 0 saturated heterocycles. The number of para-hydroxylation sites is 1. The van der Waals surface area contributed by atoms with E-state index >= 15 is 4.39 Å². The van der Waals surface area contributed by atoms with Crippen molar-refractivity contribution in [2.24, 2.45) is 0 Å². The van der Waals surface area contributed by atoms with Crippen LogP contribution in [0.5, 0.6) is 0 Å². The summed E-state index contributed by atoms with van der Waals surface area (Å²) in [4.78, 5) is 0. The Morgan fingerprint density at radius 2 is 1.14 bits per heavy atom. The SMILES string of the molecule is C=C/C(=C\C(=C/c1c(-c2cc(-c3cc(/C(C=C)=C/C=C\C)cc(-c4ccccc4)c3)ccc2F)ccc2c1ccn2-c1ccccc1)c1ccccc1)c1ccccc1. The summed E-state index contributed by atoms with van der Waals surface area (Å²) in [6, 6.07) is 59.6. The molecule has 0 aliphatic rings. The minimum atomic E-state index is -0.294. The second-order valence-corrected chi connectivity index (χ2v) is 14.3. The standard InChI is InChI=1S/C57H44FN/c1-4-7-20-41(5-2)47-36-48(44-23-14-9-15-24-44)38-49(37-47)46-29-31-56(58)55(39-46)52-30-32-57-53(33-34-59(57)51-27-18-11-19-28-51)54(52)40-50(45-25-16-10-17-26-45)35-42(6-3)43-21-12-8-13-22-43/h4-40H,2-3H2,1H3/b7-4-,41-20+,42-35+,50-40+. The number of allylic oxidation sites excluding steroid dienone is 9. The Bertz CT molecular complexity index is 2890. The smallest absolute Gasteiger partial charge is 0.131 e. The lowest BCUT2D eigenvalue weighted by Gasteiger charge is -2.16. The van der Waals surface area contributed by atoms with Crippen molar-refractivity contribution >= 4 is 33.7 Å². The molecule has 0 atom stereocenters. The van der Waals surface area contributed by atoms with Crippen molar-refractivity contribution in [1.29, 1.82) is 0 Å². The largest absolute Gasteiger partial charge is 0.317 e. The minimum Gasteiger partial charge on any atom is -0.317 e. The van der Waals surface area contributed by atoms with E-state index in [4.69, 9.17) is 0 Å². The highest BCUT2D eigenvalue weighted by Crippen LogP contribution is 2.40. The lowest BCUT2D eigenvalue weighted by molar-refractivity contribution is 0.631. The summed E-state index contributed by atoms with van der Waals surface area (Å²) in [7, 11) is 0. The number of fused-ring (bicyclic) bond motifs is 1. The average Bonchev–Trinajstić information content (AvgIpc) is 3.74. The summed E-state index contributed by atoms with van der Waals surface area (Å²) < 4.78 is 18.8. The van der Waals surface area contributed by atoms with Gasteiger partial charge >= 0.3 is 0 Å². The molecule has 284 valence electrons. The van der Waals surface area contributed by atoms with Crippen molar-refractivity contribution in [3.8, 4) is 39.1 Å². The molecule has 0 aliphatic heterocycles. The van der Waals surface area contributed by atoms with Crippen LogP contribution in [0.4, 0.5) is 4.39 Å². The van der Waals surface area contributed by atoms with Gasteiger partial charge in [0.15, 0.2) is 0 Å². The summed E-state index contributed by atoms with van der Waals surface area (Å²) in [6.07, 6.45) is 16.4. The van der Waals surface area contributed by atoms with E-state index in [0.717, 1.165) is 83.4 Å². The molecular formula is C57H44FN. The highest BCUT2D eigenvalue weighted by Gasteiger charge is 2.18. The molecule has 1 heterocycles. The van der Waals surface area contributed by atoms with Crippen molar-refractivity contribution in [3.05, 3.63) is 260 Å². The van der Waals surface area contributed by atoms with Gasteiger partial charge in [-0.1, -0.05) is 165 Å². The van der Waals surface area contributed by atoms with Crippen LogP contribution in [0.25, 0.3) is 72.8 Å². The van der Waals surface area contributed by atoms with Gasteiger partial charge in [-0.05, 0) is 140 Å². The number of rotatable bonds is 12. The molecule has 1 nitrogen and oxygen atoms in total. The Hall–Kier alpha value is -7.55. The van der Waals surface area contributed by atoms with E-state index in [-0.39, 0.29) is 5.82 Å². The third-order valence-electron chi connectivity index (χ3n) is 10.6. The first-order valence-corrected chi connectivity index (χ1v) is 19.9. The molecule has 8 aromatic rings. The molecule has 0 aliphatic carbocycles. The number of halogens is 1. The third-order valence-corrected chi connectivity index (χ3v) is 10.6. The zero-order chi connectivity index (χ0) is 40.6. The molecule has 8 rings (SSSR count). The van der Waals surface area contributed by atoms with E-state index in [1.54, 1.807) is 6.07 Å². The van der Waals surface area contributed by atoms with Crippen LogP contribution < -0.4 is 0 Å². The van der Waals surface area contributed by atoms with Crippen LogP contribution in [0.3, 0.4) is 0 Å². The number of nitrogens with zero attached hydrogens (tertiary/aromatic N) is 1. The first-order chi connectivity index (χ1) is 29.0. The quantitative estimate of drug-likeness (QED) is 0.0863. The Balaban J connectivity index is 1.38. The van der Waals surface area contributed by atoms with Gasteiger partial charge in [0.05, 0.1) is 5.52 Å². The van der Waals surface area contributed by atoms with E-state index in [2.05, 4.69) is 139 Å². The second-order valence-electron chi connectivity index (χ2n) is 14.3. The Labute approximate surface area is 347 Å². The Kier molecular flexibility index (Phi) is 11.5. The predicted octanol–water partition coefficient (Wildman–Crippen LogP) is 15.7. The molecule has 0 spiro atoms. The molecule has 0 saturated carbocycles. The zero-order valence-electron chi connectivity index (χ0n) is 33.1. The highest BCUT2D eigenvalue weighted by atomic mass is 19.1. The predicted molar refractivity (Wildman–Crippen MR) is 251 cm³/mol. The molecule has 0 fully saturated rings. The molecular weight excluding hydrogens is 718 g/mol. The molecule has 0 radical (unpaired) electrons.